The molecule has 1 aliphatic rings. The zero-order valence-corrected chi connectivity index (χ0v) is 10.4. The van der Waals surface area contributed by atoms with Crippen molar-refractivity contribution >= 4 is 11.5 Å². The molecule has 1 aromatic heterocycles. The van der Waals surface area contributed by atoms with Crippen LogP contribution < -0.4 is 11.1 Å². The number of nitrogens with one attached hydrogen (secondary N) is 1. The first-order valence-electron chi connectivity index (χ1n) is 5.66. The first-order valence-corrected chi connectivity index (χ1v) is 5.66. The number of aromatic nitrogens is 2. The highest BCUT2D eigenvalue weighted by molar-refractivity contribution is 5.59. The Balaban J connectivity index is 1.98. The minimum atomic E-state index is 0.391. The molecule has 1 fully saturated rings. The summed E-state index contributed by atoms with van der Waals surface area (Å²) in [6, 6.07) is 0. The van der Waals surface area contributed by atoms with E-state index < -0.39 is 0 Å². The van der Waals surface area contributed by atoms with Crippen molar-refractivity contribution in [3.05, 3.63) is 12.5 Å². The SMILES string of the molecule is CC1(C)C(CNc2ncncc2N)C1(C)C. The van der Waals surface area contributed by atoms with Crippen molar-refractivity contribution in [1.29, 1.82) is 0 Å². The topological polar surface area (TPSA) is 63.8 Å². The zero-order valence-electron chi connectivity index (χ0n) is 10.4. The van der Waals surface area contributed by atoms with Crippen LogP contribution in [0, 0.1) is 16.7 Å². The van der Waals surface area contributed by atoms with Crippen LogP contribution in [0.5, 0.6) is 0 Å². The number of nitrogens with two attached hydrogens (primary N) is 1. The van der Waals surface area contributed by atoms with Crippen molar-refractivity contribution in [2.75, 3.05) is 17.6 Å². The monoisotopic (exact) mass is 220 g/mol. The van der Waals surface area contributed by atoms with Crippen LogP contribution in [0.1, 0.15) is 27.7 Å². The van der Waals surface area contributed by atoms with E-state index in [0.717, 1.165) is 12.4 Å². The van der Waals surface area contributed by atoms with Crippen LogP contribution in [0.25, 0.3) is 0 Å². The summed E-state index contributed by atoms with van der Waals surface area (Å²) >= 11 is 0. The second kappa shape index (κ2) is 3.34. The predicted molar refractivity (Wildman–Crippen MR) is 66.0 cm³/mol. The molecule has 0 spiro atoms. The van der Waals surface area contributed by atoms with Crippen LogP contribution in [0.15, 0.2) is 12.5 Å². The summed E-state index contributed by atoms with van der Waals surface area (Å²) in [5.74, 6) is 1.41. The van der Waals surface area contributed by atoms with E-state index in [1.165, 1.54) is 6.33 Å². The van der Waals surface area contributed by atoms with Crippen LogP contribution >= 0.6 is 0 Å². The van der Waals surface area contributed by atoms with Crippen molar-refractivity contribution in [3.63, 3.8) is 0 Å². The Morgan fingerprint density at radius 3 is 2.44 bits per heavy atom. The number of rotatable bonds is 3. The van der Waals surface area contributed by atoms with E-state index in [0.29, 0.717) is 22.4 Å². The number of hydrogen-bond acceptors (Lipinski definition) is 4. The maximum absolute atomic E-state index is 5.77. The number of nitrogens with zero attached hydrogens (tertiary/aromatic N) is 2. The fourth-order valence-corrected chi connectivity index (χ4v) is 2.53. The van der Waals surface area contributed by atoms with Gasteiger partial charge in [-0.1, -0.05) is 27.7 Å². The molecular formula is C12H20N4. The van der Waals surface area contributed by atoms with Crippen molar-refractivity contribution in [2.45, 2.75) is 27.7 Å². The third-order valence-electron chi connectivity index (χ3n) is 4.53. The second-order valence-corrected chi connectivity index (χ2v) is 5.70. The van der Waals surface area contributed by atoms with Crippen molar-refractivity contribution in [3.8, 4) is 0 Å². The van der Waals surface area contributed by atoms with Gasteiger partial charge in [0.05, 0.1) is 11.9 Å². The van der Waals surface area contributed by atoms with Gasteiger partial charge in [-0.05, 0) is 16.7 Å². The van der Waals surface area contributed by atoms with Crippen LogP contribution in [0.3, 0.4) is 0 Å². The lowest BCUT2D eigenvalue weighted by molar-refractivity contribution is 0.457. The molecule has 4 nitrogen and oxygen atoms in total. The molecule has 1 saturated carbocycles. The Kier molecular flexibility index (Phi) is 2.33. The predicted octanol–water partition coefficient (Wildman–Crippen LogP) is 2.15. The molecule has 1 aliphatic carbocycles. The maximum Gasteiger partial charge on any atom is 0.152 e. The van der Waals surface area contributed by atoms with E-state index in [1.807, 2.05) is 0 Å². The highest BCUT2D eigenvalue weighted by atomic mass is 15.0. The first-order chi connectivity index (χ1) is 7.37. The molecule has 0 atom stereocenters. The lowest BCUT2D eigenvalue weighted by Gasteiger charge is -2.08. The fourth-order valence-electron chi connectivity index (χ4n) is 2.53. The molecule has 88 valence electrons. The van der Waals surface area contributed by atoms with Gasteiger partial charge in [0.1, 0.15) is 6.33 Å². The summed E-state index contributed by atoms with van der Waals surface area (Å²) in [7, 11) is 0. The standard InChI is InChI=1S/C12H20N4/c1-11(2)9(12(11,3)4)6-15-10-8(13)5-14-7-16-10/h5,7,9H,6,13H2,1-4H3,(H,14,15,16). The Morgan fingerprint density at radius 2 is 1.94 bits per heavy atom. The summed E-state index contributed by atoms with van der Waals surface area (Å²) in [6.07, 6.45) is 3.14. The van der Waals surface area contributed by atoms with E-state index in [9.17, 15) is 0 Å². The number of nitrogen functional groups attached to an aromatic ring is 1. The van der Waals surface area contributed by atoms with Gasteiger partial charge in [-0.2, -0.15) is 0 Å². The molecule has 0 amide bonds. The Morgan fingerprint density at radius 1 is 1.31 bits per heavy atom. The van der Waals surface area contributed by atoms with Gasteiger partial charge in [0.25, 0.3) is 0 Å². The Labute approximate surface area is 96.7 Å². The molecule has 16 heavy (non-hydrogen) atoms. The highest BCUT2D eigenvalue weighted by Gasteiger charge is 2.64. The van der Waals surface area contributed by atoms with E-state index in [2.05, 4.69) is 43.0 Å². The molecule has 2 rings (SSSR count). The average Bonchev–Trinajstić information content (AvgIpc) is 2.58. The number of anilines is 2. The first kappa shape index (κ1) is 11.2. The number of hydrogen-bond donors (Lipinski definition) is 2. The molecule has 0 bridgehead atoms. The van der Waals surface area contributed by atoms with Gasteiger partial charge in [-0.15, -0.1) is 0 Å². The normalized spacial score (nSPS) is 21.8. The van der Waals surface area contributed by atoms with Crippen molar-refractivity contribution < 1.29 is 0 Å². The van der Waals surface area contributed by atoms with Crippen molar-refractivity contribution in [1.82, 2.24) is 9.97 Å². The maximum atomic E-state index is 5.77. The molecule has 0 radical (unpaired) electrons. The third-order valence-corrected chi connectivity index (χ3v) is 4.53. The van der Waals surface area contributed by atoms with Gasteiger partial charge >= 0.3 is 0 Å². The van der Waals surface area contributed by atoms with E-state index in [4.69, 9.17) is 5.73 Å². The van der Waals surface area contributed by atoms with Crippen molar-refractivity contribution in [2.24, 2.45) is 16.7 Å². The van der Waals surface area contributed by atoms with Gasteiger partial charge < -0.3 is 11.1 Å². The largest absolute Gasteiger partial charge is 0.394 e. The van der Waals surface area contributed by atoms with Gasteiger partial charge in [-0.25, -0.2) is 9.97 Å². The average molecular weight is 220 g/mol. The summed E-state index contributed by atoms with van der Waals surface area (Å²) < 4.78 is 0. The van der Waals surface area contributed by atoms with Gasteiger partial charge in [-0.3, -0.25) is 0 Å². The second-order valence-electron chi connectivity index (χ2n) is 5.70. The van der Waals surface area contributed by atoms with Gasteiger partial charge in [0.2, 0.25) is 0 Å². The smallest absolute Gasteiger partial charge is 0.152 e. The molecule has 1 aromatic rings. The van der Waals surface area contributed by atoms with E-state index in [-0.39, 0.29) is 0 Å². The quantitative estimate of drug-likeness (QED) is 0.819. The summed E-state index contributed by atoms with van der Waals surface area (Å²) in [5.41, 5.74) is 7.17. The molecule has 0 saturated heterocycles. The van der Waals surface area contributed by atoms with E-state index in [1.54, 1.807) is 6.20 Å². The van der Waals surface area contributed by atoms with E-state index >= 15 is 0 Å². The molecule has 3 N–H and O–H groups in total. The fraction of sp³-hybridized carbons (Fsp3) is 0.667. The third kappa shape index (κ3) is 1.52. The Bertz CT molecular complexity index is 384. The molecule has 1 heterocycles. The van der Waals surface area contributed by atoms with Crippen LogP contribution in [0.4, 0.5) is 11.5 Å². The lowest BCUT2D eigenvalue weighted by atomic mass is 10.0. The van der Waals surface area contributed by atoms with Crippen LogP contribution in [-0.2, 0) is 0 Å². The minimum Gasteiger partial charge on any atom is -0.394 e. The summed E-state index contributed by atoms with van der Waals surface area (Å²) in [6.45, 7) is 10.2. The minimum absolute atomic E-state index is 0.391. The molecular weight excluding hydrogens is 200 g/mol. The lowest BCUT2D eigenvalue weighted by Crippen LogP contribution is -2.11. The van der Waals surface area contributed by atoms with Crippen LogP contribution in [-0.4, -0.2) is 16.5 Å². The summed E-state index contributed by atoms with van der Waals surface area (Å²) in [5, 5.41) is 3.31. The molecule has 4 heteroatoms. The van der Waals surface area contributed by atoms with Gasteiger partial charge in [0, 0.05) is 6.54 Å². The molecule has 0 aromatic carbocycles. The molecule has 0 unspecified atom stereocenters. The van der Waals surface area contributed by atoms with Gasteiger partial charge in [0.15, 0.2) is 5.82 Å². The highest BCUT2D eigenvalue weighted by Crippen LogP contribution is 2.68. The summed E-state index contributed by atoms with van der Waals surface area (Å²) in [4.78, 5) is 8.00. The van der Waals surface area contributed by atoms with Crippen LogP contribution in [0.2, 0.25) is 0 Å². The Hall–Kier alpha value is -1.32. The molecule has 0 aliphatic heterocycles. The zero-order chi connectivity index (χ0) is 12.0.